The Hall–Kier alpha value is -2.34. The van der Waals surface area contributed by atoms with E-state index in [4.69, 9.17) is 16.3 Å². The van der Waals surface area contributed by atoms with Crippen LogP contribution >= 0.6 is 11.6 Å². The minimum Gasteiger partial charge on any atom is -0.464 e. The predicted molar refractivity (Wildman–Crippen MR) is 110 cm³/mol. The number of rotatable bonds is 5. The fourth-order valence-electron chi connectivity index (χ4n) is 4.52. The van der Waals surface area contributed by atoms with Crippen molar-refractivity contribution in [1.82, 2.24) is 9.97 Å². The summed E-state index contributed by atoms with van der Waals surface area (Å²) in [6.07, 6.45) is 4.07. The third-order valence-electron chi connectivity index (χ3n) is 5.80. The van der Waals surface area contributed by atoms with E-state index in [1.54, 1.807) is 6.20 Å². The van der Waals surface area contributed by atoms with Gasteiger partial charge < -0.3 is 14.5 Å². The Kier molecular flexibility index (Phi) is 5.15. The van der Waals surface area contributed by atoms with Gasteiger partial charge in [-0.15, -0.1) is 0 Å². The molecule has 2 atom stereocenters. The third kappa shape index (κ3) is 3.30. The van der Waals surface area contributed by atoms with Crippen LogP contribution in [0, 0.1) is 0 Å². The summed E-state index contributed by atoms with van der Waals surface area (Å²) in [5, 5.41) is 0.255. The van der Waals surface area contributed by atoms with Crippen LogP contribution in [0.15, 0.2) is 24.4 Å². The molecule has 2 aliphatic rings. The molecule has 2 aromatic rings. The van der Waals surface area contributed by atoms with Crippen molar-refractivity contribution in [1.29, 1.82) is 0 Å². The number of carbonyl (C=O) groups is 1. The van der Waals surface area contributed by atoms with Crippen LogP contribution < -0.4 is 9.80 Å². The number of hydrogen-bond donors (Lipinski definition) is 0. The molecule has 4 rings (SSSR count). The number of aryl methyl sites for hydroxylation is 1. The van der Waals surface area contributed by atoms with Crippen LogP contribution in [0.4, 0.5) is 11.4 Å². The molecule has 0 N–H and O–H groups in total. The van der Waals surface area contributed by atoms with Gasteiger partial charge in [-0.25, -0.2) is 9.97 Å². The summed E-state index contributed by atoms with van der Waals surface area (Å²) in [5.41, 5.74) is 5.96. The zero-order valence-corrected chi connectivity index (χ0v) is 17.2. The van der Waals surface area contributed by atoms with Gasteiger partial charge in [-0.05, 0) is 42.5 Å². The molecule has 6 nitrogen and oxygen atoms in total. The Morgan fingerprint density at radius 2 is 2.25 bits per heavy atom. The molecule has 0 saturated heterocycles. The Bertz CT molecular complexity index is 904. The van der Waals surface area contributed by atoms with Crippen molar-refractivity contribution in [3.63, 3.8) is 0 Å². The molecular weight excluding hydrogens is 376 g/mol. The summed E-state index contributed by atoms with van der Waals surface area (Å²) in [4.78, 5) is 24.5. The van der Waals surface area contributed by atoms with Gasteiger partial charge in [0.25, 0.3) is 0 Å². The molecule has 2 unspecified atom stereocenters. The molecule has 0 saturated carbocycles. The molecule has 0 radical (unpaired) electrons. The molecule has 0 bridgehead atoms. The monoisotopic (exact) mass is 400 g/mol. The maximum absolute atomic E-state index is 11.1. The SMILES string of the molecule is CC(=O)OCCN(C)c1cnc(Cl)nc1C1c2cccc3c2N(CCC3)C1C. The van der Waals surface area contributed by atoms with Crippen LogP contribution in [0.1, 0.15) is 43.0 Å². The first-order chi connectivity index (χ1) is 13.5. The maximum Gasteiger partial charge on any atom is 0.302 e. The van der Waals surface area contributed by atoms with E-state index in [9.17, 15) is 4.79 Å². The van der Waals surface area contributed by atoms with Crippen LogP contribution in [0.5, 0.6) is 0 Å². The molecule has 1 aromatic heterocycles. The number of likely N-dealkylation sites (N-methyl/N-ethyl adjacent to an activating group) is 1. The topological polar surface area (TPSA) is 58.6 Å². The first-order valence-corrected chi connectivity index (χ1v) is 10.1. The Balaban J connectivity index is 1.73. The second-order valence-electron chi connectivity index (χ2n) is 7.54. The van der Waals surface area contributed by atoms with Crippen molar-refractivity contribution in [2.45, 2.75) is 38.6 Å². The highest BCUT2D eigenvalue weighted by atomic mass is 35.5. The quantitative estimate of drug-likeness (QED) is 0.566. The molecule has 0 aliphatic carbocycles. The van der Waals surface area contributed by atoms with E-state index in [0.717, 1.165) is 24.3 Å². The summed E-state index contributed by atoms with van der Waals surface area (Å²) in [5.74, 6) is -0.152. The molecule has 3 heterocycles. The maximum atomic E-state index is 11.1. The first kappa shape index (κ1) is 19.0. The van der Waals surface area contributed by atoms with Gasteiger partial charge in [-0.1, -0.05) is 18.2 Å². The Labute approximate surface area is 170 Å². The number of nitrogens with zero attached hydrogens (tertiary/aromatic N) is 4. The number of esters is 1. The Morgan fingerprint density at radius 1 is 1.43 bits per heavy atom. The Morgan fingerprint density at radius 3 is 3.04 bits per heavy atom. The van der Waals surface area contributed by atoms with Gasteiger partial charge in [0.2, 0.25) is 5.28 Å². The summed E-state index contributed by atoms with van der Waals surface area (Å²) >= 11 is 6.21. The molecule has 1 aromatic carbocycles. The van der Waals surface area contributed by atoms with Crippen molar-refractivity contribution in [2.75, 3.05) is 36.5 Å². The van der Waals surface area contributed by atoms with E-state index >= 15 is 0 Å². The van der Waals surface area contributed by atoms with E-state index in [1.165, 1.54) is 30.2 Å². The molecule has 0 spiro atoms. The number of anilines is 2. The lowest BCUT2D eigenvalue weighted by Crippen LogP contribution is -2.36. The van der Waals surface area contributed by atoms with Gasteiger partial charge in [-0.3, -0.25) is 4.79 Å². The first-order valence-electron chi connectivity index (χ1n) is 9.72. The number of benzene rings is 1. The van der Waals surface area contributed by atoms with Gasteiger partial charge in [0.15, 0.2) is 0 Å². The van der Waals surface area contributed by atoms with Crippen molar-refractivity contribution < 1.29 is 9.53 Å². The van der Waals surface area contributed by atoms with Gasteiger partial charge >= 0.3 is 5.97 Å². The summed E-state index contributed by atoms with van der Waals surface area (Å²) < 4.78 is 5.10. The molecule has 7 heteroatoms. The predicted octanol–water partition coefficient (Wildman–Crippen LogP) is 3.42. The van der Waals surface area contributed by atoms with E-state index in [-0.39, 0.29) is 17.2 Å². The second-order valence-corrected chi connectivity index (χ2v) is 7.88. The van der Waals surface area contributed by atoms with Gasteiger partial charge in [0, 0.05) is 32.2 Å². The summed E-state index contributed by atoms with van der Waals surface area (Å²) in [6, 6.07) is 6.89. The molecule has 0 fully saturated rings. The van der Waals surface area contributed by atoms with Crippen LogP contribution in [-0.2, 0) is 16.0 Å². The minimum atomic E-state index is -0.277. The largest absolute Gasteiger partial charge is 0.464 e. The van der Waals surface area contributed by atoms with Crippen molar-refractivity contribution in [2.24, 2.45) is 0 Å². The van der Waals surface area contributed by atoms with E-state index in [1.807, 2.05) is 11.9 Å². The van der Waals surface area contributed by atoms with E-state index in [2.05, 4.69) is 40.0 Å². The van der Waals surface area contributed by atoms with Gasteiger partial charge in [0.1, 0.15) is 6.61 Å². The molecule has 148 valence electrons. The molecule has 28 heavy (non-hydrogen) atoms. The van der Waals surface area contributed by atoms with Crippen LogP contribution in [-0.4, -0.2) is 48.7 Å². The lowest BCUT2D eigenvalue weighted by Gasteiger charge is -2.32. The average Bonchev–Trinajstić information content (AvgIpc) is 2.95. The van der Waals surface area contributed by atoms with Crippen molar-refractivity contribution >= 4 is 28.9 Å². The van der Waals surface area contributed by atoms with Crippen molar-refractivity contribution in [3.05, 3.63) is 46.5 Å². The summed E-state index contributed by atoms with van der Waals surface area (Å²) in [6.45, 7) is 5.63. The number of ether oxygens (including phenoxy) is 1. The highest BCUT2D eigenvalue weighted by Gasteiger charge is 2.41. The molecule has 2 aliphatic heterocycles. The smallest absolute Gasteiger partial charge is 0.302 e. The lowest BCUT2D eigenvalue weighted by molar-refractivity contribution is -0.140. The third-order valence-corrected chi connectivity index (χ3v) is 5.98. The number of hydrogen-bond acceptors (Lipinski definition) is 6. The summed E-state index contributed by atoms with van der Waals surface area (Å²) in [7, 11) is 1.96. The highest BCUT2D eigenvalue weighted by molar-refractivity contribution is 6.28. The zero-order valence-electron chi connectivity index (χ0n) is 16.5. The zero-order chi connectivity index (χ0) is 19.8. The van der Waals surface area contributed by atoms with Crippen LogP contribution in [0.2, 0.25) is 5.28 Å². The van der Waals surface area contributed by atoms with Crippen LogP contribution in [0.25, 0.3) is 0 Å². The average molecular weight is 401 g/mol. The van der Waals surface area contributed by atoms with E-state index in [0.29, 0.717) is 19.2 Å². The molecule has 0 amide bonds. The van der Waals surface area contributed by atoms with Crippen molar-refractivity contribution in [3.8, 4) is 0 Å². The fraction of sp³-hybridized carbons (Fsp3) is 0.476. The lowest BCUT2D eigenvalue weighted by atomic mass is 9.90. The number of aromatic nitrogens is 2. The van der Waals surface area contributed by atoms with E-state index < -0.39 is 0 Å². The number of halogens is 1. The normalized spacial score (nSPS) is 20.1. The minimum absolute atomic E-state index is 0.125. The van der Waals surface area contributed by atoms with Gasteiger partial charge in [-0.2, -0.15) is 0 Å². The molecular formula is C21H25ClN4O2. The van der Waals surface area contributed by atoms with Crippen LogP contribution in [0.3, 0.4) is 0 Å². The fourth-order valence-corrected chi connectivity index (χ4v) is 4.66. The van der Waals surface area contributed by atoms with Gasteiger partial charge in [0.05, 0.1) is 30.0 Å². The highest BCUT2D eigenvalue weighted by Crippen LogP contribution is 2.49. The number of carbonyl (C=O) groups excluding carboxylic acids is 1. The number of para-hydroxylation sites is 1. The second kappa shape index (κ2) is 7.59. The standard InChI is InChI=1S/C21H25ClN4O2/c1-13-18(16-8-4-6-15-7-5-9-26(13)20(15)16)19-17(12-23-21(22)24-19)25(3)10-11-28-14(2)27/h4,6,8,12-13,18H,5,7,9-11H2,1-3H3.